The number of hydrogen-bond donors (Lipinski definition) is 1. The Morgan fingerprint density at radius 3 is 2.62 bits per heavy atom. The van der Waals surface area contributed by atoms with E-state index in [-0.39, 0.29) is 17.9 Å². The minimum absolute atomic E-state index is 0.164. The normalized spacial score (nSPS) is 25.4. The first-order chi connectivity index (χ1) is 7.70. The Labute approximate surface area is 96.2 Å². The van der Waals surface area contributed by atoms with Crippen LogP contribution in [0, 0.1) is 5.82 Å². The lowest BCUT2D eigenvalue weighted by molar-refractivity contribution is 0.371. The molecule has 0 aliphatic heterocycles. The van der Waals surface area contributed by atoms with Crippen molar-refractivity contribution in [1.82, 2.24) is 0 Å². The maximum Gasteiger partial charge on any atom is 0.146 e. The Hall–Kier alpha value is -1.09. The van der Waals surface area contributed by atoms with Gasteiger partial charge < -0.3 is 10.6 Å². The average Bonchev–Trinajstić information content (AvgIpc) is 2.29. The molecule has 16 heavy (non-hydrogen) atoms. The first kappa shape index (κ1) is 11.4. The van der Waals surface area contributed by atoms with Gasteiger partial charge in [0.05, 0.1) is 5.69 Å². The number of anilines is 1. The molecule has 1 fully saturated rings. The van der Waals surface area contributed by atoms with Gasteiger partial charge in [-0.15, -0.1) is 0 Å². The summed E-state index contributed by atoms with van der Waals surface area (Å²) in [5.74, 6) is -0.164. The highest BCUT2D eigenvalue weighted by Crippen LogP contribution is 2.27. The monoisotopic (exact) mass is 222 g/mol. The second-order valence-corrected chi connectivity index (χ2v) is 4.58. The largest absolute Gasteiger partial charge is 0.368 e. The van der Waals surface area contributed by atoms with E-state index in [1.54, 1.807) is 6.07 Å². The summed E-state index contributed by atoms with van der Waals surface area (Å²) in [5, 5.41) is 0. The standard InChI is InChI=1S/C13H19FN2/c1-16(12-8-4-2-6-10(12)14)13-9-5-3-7-11(13)15/h2,4,6,8,11,13H,3,5,7,9,15H2,1H3. The molecule has 0 heterocycles. The summed E-state index contributed by atoms with van der Waals surface area (Å²) in [4.78, 5) is 2.00. The minimum Gasteiger partial charge on any atom is -0.368 e. The number of hydrogen-bond acceptors (Lipinski definition) is 2. The van der Waals surface area contributed by atoms with Crippen LogP contribution in [0.25, 0.3) is 0 Å². The summed E-state index contributed by atoms with van der Waals surface area (Å²) < 4.78 is 13.6. The van der Waals surface area contributed by atoms with Crippen molar-refractivity contribution in [2.45, 2.75) is 37.8 Å². The number of benzene rings is 1. The highest BCUT2D eigenvalue weighted by Gasteiger charge is 2.26. The quantitative estimate of drug-likeness (QED) is 0.833. The van der Waals surface area contributed by atoms with E-state index in [1.807, 2.05) is 24.1 Å². The number of likely N-dealkylation sites (N-methyl/N-ethyl adjacent to an activating group) is 1. The fraction of sp³-hybridized carbons (Fsp3) is 0.538. The van der Waals surface area contributed by atoms with Crippen molar-refractivity contribution in [3.63, 3.8) is 0 Å². The molecule has 0 saturated heterocycles. The number of nitrogens with zero attached hydrogens (tertiary/aromatic N) is 1. The lowest BCUT2D eigenvalue weighted by Crippen LogP contribution is -2.48. The lowest BCUT2D eigenvalue weighted by Gasteiger charge is -2.37. The zero-order valence-electron chi connectivity index (χ0n) is 9.70. The van der Waals surface area contributed by atoms with Crippen LogP contribution in [0.2, 0.25) is 0 Å². The molecular formula is C13H19FN2. The molecule has 1 aromatic rings. The average molecular weight is 222 g/mol. The van der Waals surface area contributed by atoms with Crippen LogP contribution in [-0.4, -0.2) is 19.1 Å². The Morgan fingerprint density at radius 1 is 1.25 bits per heavy atom. The number of nitrogens with two attached hydrogens (primary N) is 1. The van der Waals surface area contributed by atoms with Crippen LogP contribution in [0.5, 0.6) is 0 Å². The van der Waals surface area contributed by atoms with Gasteiger partial charge in [0, 0.05) is 19.1 Å². The van der Waals surface area contributed by atoms with Crippen LogP contribution in [0.4, 0.5) is 10.1 Å². The Kier molecular flexibility index (Phi) is 3.44. The van der Waals surface area contributed by atoms with Crippen molar-refractivity contribution in [2.75, 3.05) is 11.9 Å². The molecule has 2 unspecified atom stereocenters. The van der Waals surface area contributed by atoms with E-state index in [4.69, 9.17) is 5.73 Å². The van der Waals surface area contributed by atoms with Gasteiger partial charge in [-0.2, -0.15) is 0 Å². The maximum atomic E-state index is 13.6. The predicted octanol–water partition coefficient (Wildman–Crippen LogP) is 2.53. The first-order valence-corrected chi connectivity index (χ1v) is 5.93. The van der Waals surface area contributed by atoms with Crippen LogP contribution >= 0.6 is 0 Å². The van der Waals surface area contributed by atoms with Gasteiger partial charge in [-0.05, 0) is 25.0 Å². The molecule has 2 rings (SSSR count). The minimum atomic E-state index is -0.164. The number of para-hydroxylation sites is 1. The molecule has 1 aromatic carbocycles. The molecule has 2 atom stereocenters. The van der Waals surface area contributed by atoms with Gasteiger partial charge >= 0.3 is 0 Å². The van der Waals surface area contributed by atoms with E-state index in [1.165, 1.54) is 18.9 Å². The maximum absolute atomic E-state index is 13.6. The fourth-order valence-corrected chi connectivity index (χ4v) is 2.54. The molecule has 2 nitrogen and oxygen atoms in total. The molecule has 3 heteroatoms. The third kappa shape index (κ3) is 2.19. The van der Waals surface area contributed by atoms with Gasteiger partial charge in [0.1, 0.15) is 5.82 Å². The zero-order valence-corrected chi connectivity index (χ0v) is 9.70. The summed E-state index contributed by atoms with van der Waals surface area (Å²) in [5.41, 5.74) is 6.76. The third-order valence-corrected chi connectivity index (χ3v) is 3.51. The van der Waals surface area contributed by atoms with Crippen molar-refractivity contribution in [2.24, 2.45) is 5.73 Å². The molecule has 0 radical (unpaired) electrons. The van der Waals surface area contributed by atoms with Crippen LogP contribution in [0.1, 0.15) is 25.7 Å². The van der Waals surface area contributed by atoms with Crippen LogP contribution in [0.15, 0.2) is 24.3 Å². The van der Waals surface area contributed by atoms with E-state index in [0.29, 0.717) is 5.69 Å². The molecule has 0 bridgehead atoms. The van der Waals surface area contributed by atoms with Crippen molar-refractivity contribution >= 4 is 5.69 Å². The smallest absolute Gasteiger partial charge is 0.146 e. The summed E-state index contributed by atoms with van der Waals surface area (Å²) in [6.07, 6.45) is 4.50. The molecular weight excluding hydrogens is 203 g/mol. The number of halogens is 1. The molecule has 0 amide bonds. The van der Waals surface area contributed by atoms with Crippen LogP contribution in [-0.2, 0) is 0 Å². The number of rotatable bonds is 2. The van der Waals surface area contributed by atoms with Crippen molar-refractivity contribution in [1.29, 1.82) is 0 Å². The predicted molar refractivity (Wildman–Crippen MR) is 65.0 cm³/mol. The SMILES string of the molecule is CN(c1ccccc1F)C1CCCCC1N. The Bertz CT molecular complexity index is 354. The van der Waals surface area contributed by atoms with Gasteiger partial charge in [0.2, 0.25) is 0 Å². The molecule has 0 aromatic heterocycles. The second-order valence-electron chi connectivity index (χ2n) is 4.58. The van der Waals surface area contributed by atoms with Crippen LogP contribution in [0.3, 0.4) is 0 Å². The van der Waals surface area contributed by atoms with E-state index < -0.39 is 0 Å². The van der Waals surface area contributed by atoms with Crippen molar-refractivity contribution in [3.8, 4) is 0 Å². The van der Waals surface area contributed by atoms with Crippen molar-refractivity contribution < 1.29 is 4.39 Å². The topological polar surface area (TPSA) is 29.3 Å². The highest BCUT2D eigenvalue weighted by atomic mass is 19.1. The molecule has 1 aliphatic rings. The van der Waals surface area contributed by atoms with E-state index >= 15 is 0 Å². The molecule has 2 N–H and O–H groups in total. The van der Waals surface area contributed by atoms with E-state index in [9.17, 15) is 4.39 Å². The third-order valence-electron chi connectivity index (χ3n) is 3.51. The summed E-state index contributed by atoms with van der Waals surface area (Å²) in [7, 11) is 1.94. The second kappa shape index (κ2) is 4.83. The van der Waals surface area contributed by atoms with Gasteiger partial charge in [-0.25, -0.2) is 4.39 Å². The summed E-state index contributed by atoms with van der Waals surface area (Å²) in [6.45, 7) is 0. The fourth-order valence-electron chi connectivity index (χ4n) is 2.54. The van der Waals surface area contributed by atoms with Crippen molar-refractivity contribution in [3.05, 3.63) is 30.1 Å². The van der Waals surface area contributed by atoms with Gasteiger partial charge in [-0.3, -0.25) is 0 Å². The Morgan fingerprint density at radius 2 is 1.94 bits per heavy atom. The molecule has 0 spiro atoms. The summed E-state index contributed by atoms with van der Waals surface area (Å²) in [6, 6.07) is 7.33. The lowest BCUT2D eigenvalue weighted by atomic mass is 9.90. The first-order valence-electron chi connectivity index (χ1n) is 5.93. The van der Waals surface area contributed by atoms with Gasteiger partial charge in [0.15, 0.2) is 0 Å². The zero-order chi connectivity index (χ0) is 11.5. The molecule has 1 saturated carbocycles. The van der Waals surface area contributed by atoms with Crippen LogP contribution < -0.4 is 10.6 Å². The van der Waals surface area contributed by atoms with E-state index in [0.717, 1.165) is 12.8 Å². The summed E-state index contributed by atoms with van der Waals surface area (Å²) >= 11 is 0. The van der Waals surface area contributed by atoms with Gasteiger partial charge in [0.25, 0.3) is 0 Å². The molecule has 88 valence electrons. The Balaban J connectivity index is 2.17. The molecule has 1 aliphatic carbocycles. The van der Waals surface area contributed by atoms with Gasteiger partial charge in [-0.1, -0.05) is 25.0 Å². The van der Waals surface area contributed by atoms with E-state index in [2.05, 4.69) is 0 Å². The highest BCUT2D eigenvalue weighted by molar-refractivity contribution is 5.48.